The van der Waals surface area contributed by atoms with Gasteiger partial charge in [0.2, 0.25) is 76.8 Å². The molecule has 136 heavy (non-hydrogen) atoms. The van der Waals surface area contributed by atoms with E-state index in [1.54, 1.807) is 54.9 Å². The molecule has 3 fully saturated rings. The normalized spacial score (nSPS) is 16.6. The number of aliphatic hydroxyl groups excluding tert-OH is 1. The molecule has 6 rings (SSSR count). The van der Waals surface area contributed by atoms with Crippen molar-refractivity contribution in [2.45, 2.75) is 233 Å². The summed E-state index contributed by atoms with van der Waals surface area (Å²) in [6.45, 7) is 4.17. The van der Waals surface area contributed by atoms with Crippen LogP contribution in [-0.4, -0.2) is 291 Å². The van der Waals surface area contributed by atoms with Crippen LogP contribution in [-0.2, 0) is 108 Å². The number of anilines is 2. The summed E-state index contributed by atoms with van der Waals surface area (Å²) in [5.74, 6) is -8.10. The van der Waals surface area contributed by atoms with Crippen LogP contribution >= 0.6 is 27.0 Å². The number of hydrogen-bond donors (Lipinski definition) is 22. The van der Waals surface area contributed by atoms with Crippen molar-refractivity contribution in [3.63, 3.8) is 0 Å². The second-order valence-corrected chi connectivity index (χ2v) is 39.0. The molecule has 1 aliphatic heterocycles. The Bertz CT molecular complexity index is 4430. The number of thioether (sulfide) groups is 1. The Morgan fingerprint density at radius 2 is 1.14 bits per heavy atom. The number of amides is 15. The minimum Gasteiger partial charge on any atom is -0.481 e. The first kappa shape index (κ1) is 115. The van der Waals surface area contributed by atoms with Gasteiger partial charge in [-0.05, 0) is 163 Å². The fourth-order valence-corrected chi connectivity index (χ4v) is 18.6. The topological polar surface area (TPSA) is 693 Å². The number of unbranched alkanes of at least 4 members (excludes halogenated alkanes) is 2. The van der Waals surface area contributed by atoms with E-state index in [4.69, 9.17) is 30.4 Å². The number of imide groups is 1. The summed E-state index contributed by atoms with van der Waals surface area (Å²) in [5.41, 5.74) is 13.7. The minimum absolute atomic E-state index is 0.0131. The number of rotatable bonds is 67. The molecule has 24 N–H and O–H groups in total. The summed E-state index contributed by atoms with van der Waals surface area (Å²) in [5, 5.41) is 61.5. The number of pyridine rings is 1. The number of urea groups is 1. The number of para-hydroxylation sites is 1. The molecule has 2 heterocycles. The van der Waals surface area contributed by atoms with Gasteiger partial charge < -0.3 is 129 Å². The molecule has 2 aliphatic carbocycles. The number of ether oxygens (including phenoxy) is 4. The third-order valence-corrected chi connectivity index (χ3v) is 28.2. The lowest BCUT2D eigenvalue weighted by molar-refractivity contribution is -0.140. The van der Waals surface area contributed by atoms with E-state index in [1.165, 1.54) is 4.90 Å². The lowest BCUT2D eigenvalue weighted by Crippen LogP contribution is -2.63. The Labute approximate surface area is 794 Å². The fraction of sp³-hybridized carbons (Fsp3) is 0.636. The van der Waals surface area contributed by atoms with Crippen LogP contribution in [0.25, 0.3) is 0 Å². The average Bonchev–Trinajstić information content (AvgIpc) is 0.914. The molecular weight excluding hydrogens is 1840 g/mol. The van der Waals surface area contributed by atoms with Crippen LogP contribution in [0, 0.1) is 18.8 Å². The van der Waals surface area contributed by atoms with Crippen LogP contribution in [0.15, 0.2) is 73.1 Å². The van der Waals surface area contributed by atoms with Gasteiger partial charge in [0.25, 0.3) is 5.08 Å². The van der Waals surface area contributed by atoms with E-state index in [0.29, 0.717) is 87.6 Å². The molecule has 48 heteroatoms. The van der Waals surface area contributed by atoms with Crippen LogP contribution < -0.4 is 80.6 Å². The maximum absolute atomic E-state index is 14.4. The monoisotopic (exact) mass is 1970 g/mol. The van der Waals surface area contributed by atoms with E-state index >= 15 is 0 Å². The Balaban J connectivity index is 0.759. The van der Waals surface area contributed by atoms with E-state index in [0.717, 1.165) is 29.3 Å². The molecule has 15 amide bonds. The number of benzene rings is 2. The predicted molar refractivity (Wildman–Crippen MR) is 498 cm³/mol. The maximum atomic E-state index is 14.4. The van der Waals surface area contributed by atoms with Crippen LogP contribution in [0.3, 0.4) is 0 Å². The average molecular weight is 1980 g/mol. The van der Waals surface area contributed by atoms with Crippen molar-refractivity contribution in [1.29, 1.82) is 0 Å². The lowest BCUT2D eigenvalue weighted by atomic mass is 9.80. The first-order valence-corrected chi connectivity index (χ1v) is 50.4. The number of carbonyl (C=O) groups excluding carboxylic acids is 14. The number of nitrogens with two attached hydrogens (primary N) is 2. The minimum atomic E-state index is -5.63. The van der Waals surface area contributed by atoms with Crippen LogP contribution in [0.2, 0.25) is 0 Å². The molecule has 2 unspecified atom stereocenters. The standard InChI is InChI=1S/C88H137N17O28P2S/c1-59-14-3-4-16-66(59)103-86(122)99-64-28-23-60(24-29-64)54-76(111)101-68(18-6-9-39-92-71(106)30-25-61-15-12-38-91-56-61)82(118)102-69(19-11-20-78(113)114)83(119)104-87(35-7-2-8-36-87)85(121)98-45-49-133-53-52-132-47-43-94-73(108)32-31-72(107)93-42-46-130-50-51-131-48-44-95-74(109)33-34-75(110)100-67(79(90)115)17-5-10-40-97-81(117)65(89)58-136-70-55-77(112)105(84(70)120)57-62-21-26-63(27-22-62)80(116)96-41-13-37-88(123,134(124,125)126)135(127,128)129/h3-4,12,14-16,23-24,28-29,38,56,62-63,65,67-70,72,93,107,123H,2,5-11,13,17-22,25-27,30-37,39-55,57-58,89H2,1H3,(H2,90,115)(H,92,106)(H,94,108)(H,95,109)(H,96,116)(H,97,117)(H,98,121)(H,100,110)(H,101,111)(H,102,118)(H,104,119)(H,113,114)(H2,99,103,122)(H2,124,125,126)(H2,127,128,129)/t62?,63?,65-,67+,68+,69+,70?,72?/m1/s1. The second kappa shape index (κ2) is 61.3. The maximum Gasteiger partial charge on any atom is 0.369 e. The van der Waals surface area contributed by atoms with Crippen molar-refractivity contribution in [3.8, 4) is 0 Å². The number of aromatic nitrogens is 1. The Morgan fingerprint density at radius 3 is 1.76 bits per heavy atom. The smallest absolute Gasteiger partial charge is 0.369 e. The number of carboxylic acid groups (broad SMARTS) is 1. The number of carbonyl (C=O) groups is 15. The highest BCUT2D eigenvalue weighted by atomic mass is 32.2. The highest BCUT2D eigenvalue weighted by molar-refractivity contribution is 8.00. The first-order valence-electron chi connectivity index (χ1n) is 46.1. The highest BCUT2D eigenvalue weighted by Crippen LogP contribution is 2.69. The number of carboxylic acids is 1. The fourth-order valence-electron chi connectivity index (χ4n) is 15.2. The van der Waals surface area contributed by atoms with Crippen LogP contribution in [0.1, 0.15) is 184 Å². The summed E-state index contributed by atoms with van der Waals surface area (Å²) in [7, 11) is -11.3. The summed E-state index contributed by atoms with van der Waals surface area (Å²) in [4.78, 5) is 238. The van der Waals surface area contributed by atoms with E-state index in [1.807, 2.05) is 25.1 Å². The van der Waals surface area contributed by atoms with Gasteiger partial charge in [-0.2, -0.15) is 0 Å². The number of aryl methyl sites for hydroxylation is 2. The zero-order valence-electron chi connectivity index (χ0n) is 76.9. The van der Waals surface area contributed by atoms with Gasteiger partial charge in [0.15, 0.2) is 0 Å². The quantitative estimate of drug-likeness (QED) is 0.0159. The molecule has 2 saturated carbocycles. The predicted octanol–water partition coefficient (Wildman–Crippen LogP) is 0.572. The summed E-state index contributed by atoms with van der Waals surface area (Å²) in [6.07, 6.45) is 6.89. The number of hydrogen-bond acceptors (Lipinski definition) is 27. The van der Waals surface area contributed by atoms with Gasteiger partial charge in [-0.15, -0.1) is 11.8 Å². The summed E-state index contributed by atoms with van der Waals surface area (Å²) < 4.78 is 45.5. The van der Waals surface area contributed by atoms with Gasteiger partial charge in [-0.3, -0.25) is 91.5 Å². The Morgan fingerprint density at radius 1 is 0.574 bits per heavy atom. The number of nitrogens with zero attached hydrogens (tertiary/aromatic N) is 2. The number of likely N-dealkylation sites (tertiary alicyclic amines) is 1. The van der Waals surface area contributed by atoms with Gasteiger partial charge in [0.05, 0.1) is 70.6 Å². The molecule has 2 aromatic carbocycles. The molecule has 1 aromatic heterocycles. The van der Waals surface area contributed by atoms with Crippen molar-refractivity contribution in [2.75, 3.05) is 122 Å². The largest absolute Gasteiger partial charge is 0.481 e. The van der Waals surface area contributed by atoms with Crippen LogP contribution in [0.4, 0.5) is 16.2 Å². The molecule has 3 aromatic rings. The Kier molecular flexibility index (Phi) is 51.7. The SMILES string of the molecule is Cc1ccccc1NC(=O)Nc1ccc(CC(=O)N[C@@H](CCCCNC(=O)CCc2cccnc2)C(=O)N[C@@H](CCCC(=O)O)C(=O)NC2(C(=O)NCCOCCOCCNC(=O)CCC(O)NCCOCCOCCNC(=O)CCC(=O)N[C@@H](CCCCNC(=O)[C@H](N)CSC3CC(=O)N(CC4CCC(C(=O)NCCCC(O)(P(=O)(O)O)P(=O)(O)O)CC4)C3=O)C(N)=O)CCCCC2)cc1. The highest BCUT2D eigenvalue weighted by Gasteiger charge is 2.59. The van der Waals surface area contributed by atoms with Crippen molar-refractivity contribution in [2.24, 2.45) is 23.3 Å². The molecule has 758 valence electrons. The lowest BCUT2D eigenvalue weighted by Gasteiger charge is -2.38. The zero-order valence-corrected chi connectivity index (χ0v) is 79.5. The molecule has 0 bridgehead atoms. The molecule has 0 spiro atoms. The van der Waals surface area contributed by atoms with E-state index in [-0.39, 0.29) is 231 Å². The molecular formula is C88H137N17O28P2S. The number of nitrogens with one attached hydrogen (secondary N) is 13. The van der Waals surface area contributed by atoms with Gasteiger partial charge in [-0.1, -0.05) is 55.7 Å². The number of aliphatic hydroxyl groups is 2. The van der Waals surface area contributed by atoms with Crippen molar-refractivity contribution >= 4 is 127 Å². The first-order chi connectivity index (χ1) is 64.8. The summed E-state index contributed by atoms with van der Waals surface area (Å²) >= 11 is 1.08. The molecule has 3 aliphatic rings. The Hall–Kier alpha value is -10.0. The van der Waals surface area contributed by atoms with E-state index in [9.17, 15) is 116 Å². The van der Waals surface area contributed by atoms with Gasteiger partial charge in [0.1, 0.15) is 29.9 Å². The van der Waals surface area contributed by atoms with E-state index < -0.39 is 145 Å². The van der Waals surface area contributed by atoms with Crippen LogP contribution in [0.5, 0.6) is 0 Å². The second-order valence-electron chi connectivity index (χ2n) is 33.7. The number of primary amides is 1. The third-order valence-electron chi connectivity index (χ3n) is 23.0. The third kappa shape index (κ3) is 43.3. The molecule has 6 atom stereocenters. The summed E-state index contributed by atoms with van der Waals surface area (Å²) in [6, 6.07) is 12.5. The zero-order chi connectivity index (χ0) is 99.5. The van der Waals surface area contributed by atoms with E-state index in [2.05, 4.69) is 74.1 Å². The van der Waals surface area contributed by atoms with Gasteiger partial charge in [0, 0.05) is 133 Å². The van der Waals surface area contributed by atoms with Crippen molar-refractivity contribution in [1.82, 2.24) is 68.4 Å². The molecule has 1 saturated heterocycles. The van der Waals surface area contributed by atoms with Gasteiger partial charge >= 0.3 is 27.2 Å². The number of aliphatic carboxylic acids is 1. The van der Waals surface area contributed by atoms with Gasteiger partial charge in [-0.25, -0.2) is 4.79 Å². The van der Waals surface area contributed by atoms with Crippen molar-refractivity contribution < 1.29 is 135 Å². The van der Waals surface area contributed by atoms with Crippen molar-refractivity contribution in [3.05, 3.63) is 89.7 Å². The molecule has 0 radical (unpaired) electrons. The molecule has 45 nitrogen and oxygen atoms in total.